The minimum atomic E-state index is 0.591. The van der Waals surface area contributed by atoms with E-state index < -0.39 is 0 Å². The van der Waals surface area contributed by atoms with E-state index in [1.807, 2.05) is 42.5 Å². The summed E-state index contributed by atoms with van der Waals surface area (Å²) in [7, 11) is 0. The molecule has 0 radical (unpaired) electrons. The van der Waals surface area contributed by atoms with Gasteiger partial charge in [0.1, 0.15) is 0 Å². The maximum atomic E-state index is 10.4. The van der Waals surface area contributed by atoms with E-state index in [0.29, 0.717) is 11.1 Å². The van der Waals surface area contributed by atoms with Crippen molar-refractivity contribution in [1.29, 1.82) is 10.5 Å². The molecule has 0 aliphatic heterocycles. The van der Waals surface area contributed by atoms with Gasteiger partial charge in [-0.3, -0.25) is 0 Å². The van der Waals surface area contributed by atoms with Gasteiger partial charge in [-0.25, -0.2) is 0 Å². The maximum absolute atomic E-state index is 10.4. The number of hydrogen-bond donors (Lipinski definition) is 0. The Bertz CT molecular complexity index is 2750. The van der Waals surface area contributed by atoms with Gasteiger partial charge in [-0.1, -0.05) is 97.1 Å². The molecule has 0 aliphatic carbocycles. The molecule has 0 atom stereocenters. The van der Waals surface area contributed by atoms with Crippen LogP contribution in [0.5, 0.6) is 0 Å². The van der Waals surface area contributed by atoms with Gasteiger partial charge < -0.3 is 9.13 Å². The number of rotatable bonds is 4. The first-order valence-corrected chi connectivity index (χ1v) is 15.9. The molecular formula is C44H26N4. The van der Waals surface area contributed by atoms with Crippen molar-refractivity contribution in [3.05, 3.63) is 169 Å². The molecule has 2 aromatic heterocycles. The Hall–Kier alpha value is -6.88. The zero-order valence-corrected chi connectivity index (χ0v) is 25.8. The van der Waals surface area contributed by atoms with Gasteiger partial charge in [-0.05, 0) is 77.4 Å². The third-order valence-corrected chi connectivity index (χ3v) is 9.41. The van der Waals surface area contributed by atoms with Gasteiger partial charge in [-0.2, -0.15) is 10.5 Å². The van der Waals surface area contributed by atoms with E-state index in [0.717, 1.165) is 55.4 Å². The fourth-order valence-corrected chi connectivity index (χ4v) is 7.35. The monoisotopic (exact) mass is 610 g/mol. The smallest absolute Gasteiger partial charge is 0.0998 e. The SMILES string of the molecule is N#Cc1cccc(-n2c3ccccc3c3c(C#N)cccc32)c1-c1cccc(-c2ccc(-n3c4ccccc4c4ccccc43)cc2)c1. The normalized spacial score (nSPS) is 11.3. The zero-order valence-electron chi connectivity index (χ0n) is 25.8. The number of nitriles is 2. The van der Waals surface area contributed by atoms with E-state index in [1.54, 1.807) is 0 Å². The summed E-state index contributed by atoms with van der Waals surface area (Å²) in [5.74, 6) is 0. The third-order valence-electron chi connectivity index (χ3n) is 9.41. The van der Waals surface area contributed by atoms with Crippen molar-refractivity contribution in [1.82, 2.24) is 9.13 Å². The van der Waals surface area contributed by atoms with Gasteiger partial charge in [0.05, 0.1) is 51.0 Å². The van der Waals surface area contributed by atoms with Crippen LogP contribution in [0.3, 0.4) is 0 Å². The van der Waals surface area contributed by atoms with Crippen LogP contribution in [0.1, 0.15) is 11.1 Å². The minimum Gasteiger partial charge on any atom is -0.309 e. The lowest BCUT2D eigenvalue weighted by Gasteiger charge is -2.16. The number of aromatic nitrogens is 2. The van der Waals surface area contributed by atoms with Gasteiger partial charge in [0, 0.05) is 32.8 Å². The van der Waals surface area contributed by atoms with Crippen LogP contribution in [-0.2, 0) is 0 Å². The van der Waals surface area contributed by atoms with Crippen LogP contribution in [-0.4, -0.2) is 9.13 Å². The molecule has 0 unspecified atom stereocenters. The lowest BCUT2D eigenvalue weighted by molar-refractivity contribution is 1.18. The average Bonchev–Trinajstić information content (AvgIpc) is 3.68. The summed E-state index contributed by atoms with van der Waals surface area (Å²) in [4.78, 5) is 0. The van der Waals surface area contributed by atoms with Gasteiger partial charge in [0.15, 0.2) is 0 Å². The Morgan fingerprint density at radius 3 is 1.62 bits per heavy atom. The Labute approximate surface area is 277 Å². The molecule has 7 aromatic carbocycles. The molecule has 222 valence electrons. The molecular weight excluding hydrogens is 585 g/mol. The van der Waals surface area contributed by atoms with Crippen LogP contribution in [0.25, 0.3) is 77.2 Å². The van der Waals surface area contributed by atoms with Crippen LogP contribution in [0, 0.1) is 22.7 Å². The number of nitrogens with zero attached hydrogens (tertiary/aromatic N) is 4. The average molecular weight is 611 g/mol. The number of fused-ring (bicyclic) bond motifs is 6. The van der Waals surface area contributed by atoms with Crippen LogP contribution in [0.4, 0.5) is 0 Å². The molecule has 0 bridgehead atoms. The predicted molar refractivity (Wildman–Crippen MR) is 195 cm³/mol. The van der Waals surface area contributed by atoms with E-state index >= 15 is 0 Å². The van der Waals surface area contributed by atoms with Crippen molar-refractivity contribution in [2.75, 3.05) is 0 Å². The van der Waals surface area contributed by atoms with Crippen molar-refractivity contribution in [3.63, 3.8) is 0 Å². The van der Waals surface area contributed by atoms with E-state index in [9.17, 15) is 10.5 Å². The first-order chi connectivity index (χ1) is 23.7. The first-order valence-electron chi connectivity index (χ1n) is 15.9. The number of benzene rings is 7. The highest BCUT2D eigenvalue weighted by molar-refractivity contribution is 6.12. The Balaban J connectivity index is 1.20. The lowest BCUT2D eigenvalue weighted by atomic mass is 9.94. The summed E-state index contributed by atoms with van der Waals surface area (Å²) in [6.07, 6.45) is 0. The fraction of sp³-hybridized carbons (Fsp3) is 0. The van der Waals surface area contributed by atoms with Crippen LogP contribution < -0.4 is 0 Å². The summed E-state index contributed by atoms with van der Waals surface area (Å²) in [5.41, 5.74) is 11.5. The lowest BCUT2D eigenvalue weighted by Crippen LogP contribution is -1.99. The summed E-state index contributed by atoms with van der Waals surface area (Å²) >= 11 is 0. The molecule has 0 amide bonds. The predicted octanol–water partition coefficient (Wildman–Crippen LogP) is 11.0. The summed E-state index contributed by atoms with van der Waals surface area (Å²) < 4.78 is 4.51. The molecule has 4 nitrogen and oxygen atoms in total. The topological polar surface area (TPSA) is 57.4 Å². The van der Waals surface area contributed by atoms with E-state index in [2.05, 4.69) is 137 Å². The summed E-state index contributed by atoms with van der Waals surface area (Å²) in [6, 6.07) is 58.9. The molecule has 9 aromatic rings. The fourth-order valence-electron chi connectivity index (χ4n) is 7.35. The summed E-state index contributed by atoms with van der Waals surface area (Å²) in [6.45, 7) is 0. The van der Waals surface area contributed by atoms with Crippen molar-refractivity contribution >= 4 is 43.6 Å². The second kappa shape index (κ2) is 10.9. The molecule has 0 N–H and O–H groups in total. The Kier molecular flexibility index (Phi) is 6.22. The summed E-state index contributed by atoms with van der Waals surface area (Å²) in [5, 5.41) is 24.8. The van der Waals surface area contributed by atoms with Gasteiger partial charge in [-0.15, -0.1) is 0 Å². The minimum absolute atomic E-state index is 0.591. The maximum Gasteiger partial charge on any atom is 0.0998 e. The molecule has 0 fully saturated rings. The van der Waals surface area contributed by atoms with E-state index in [4.69, 9.17) is 0 Å². The van der Waals surface area contributed by atoms with Crippen molar-refractivity contribution in [3.8, 4) is 45.8 Å². The number of hydrogen-bond acceptors (Lipinski definition) is 2. The highest BCUT2D eigenvalue weighted by atomic mass is 15.0. The second-order valence-corrected chi connectivity index (χ2v) is 12.0. The highest BCUT2D eigenvalue weighted by Crippen LogP contribution is 2.40. The van der Waals surface area contributed by atoms with Crippen molar-refractivity contribution < 1.29 is 0 Å². The second-order valence-electron chi connectivity index (χ2n) is 12.0. The molecule has 0 saturated heterocycles. The highest BCUT2D eigenvalue weighted by Gasteiger charge is 2.20. The Morgan fingerprint density at radius 2 is 0.938 bits per heavy atom. The quantitative estimate of drug-likeness (QED) is 0.199. The van der Waals surface area contributed by atoms with Gasteiger partial charge >= 0.3 is 0 Å². The molecule has 0 spiro atoms. The van der Waals surface area contributed by atoms with Crippen LogP contribution in [0.2, 0.25) is 0 Å². The van der Waals surface area contributed by atoms with Crippen molar-refractivity contribution in [2.45, 2.75) is 0 Å². The van der Waals surface area contributed by atoms with Crippen LogP contribution >= 0.6 is 0 Å². The molecule has 0 aliphatic rings. The van der Waals surface area contributed by atoms with Crippen LogP contribution in [0.15, 0.2) is 158 Å². The molecule has 2 heterocycles. The molecule has 4 heteroatoms. The first kappa shape index (κ1) is 27.4. The molecule has 0 saturated carbocycles. The third kappa shape index (κ3) is 4.07. The largest absolute Gasteiger partial charge is 0.309 e. The standard InChI is InChI=1S/C44H26N4/c45-27-32-12-8-20-41(48-40-19-6-3-16-37(40)44-33(28-46)13-9-21-42(44)48)43(32)31-11-7-10-30(26-31)29-22-24-34(25-23-29)47-38-17-4-1-14-35(38)36-15-2-5-18-39(36)47/h1-26H. The van der Waals surface area contributed by atoms with E-state index in [-0.39, 0.29) is 0 Å². The molecule has 9 rings (SSSR count). The van der Waals surface area contributed by atoms with Crippen molar-refractivity contribution in [2.24, 2.45) is 0 Å². The Morgan fingerprint density at radius 1 is 0.396 bits per heavy atom. The number of para-hydroxylation sites is 3. The van der Waals surface area contributed by atoms with Gasteiger partial charge in [0.25, 0.3) is 0 Å². The van der Waals surface area contributed by atoms with Gasteiger partial charge in [0.2, 0.25) is 0 Å². The van der Waals surface area contributed by atoms with E-state index in [1.165, 1.54) is 21.8 Å². The zero-order chi connectivity index (χ0) is 32.2. The molecule has 48 heavy (non-hydrogen) atoms.